The number of hydrogen-bond acceptors (Lipinski definition) is 2. The second-order valence-corrected chi connectivity index (χ2v) is 6.78. The predicted molar refractivity (Wildman–Crippen MR) is 114 cm³/mol. The highest BCUT2D eigenvalue weighted by atomic mass is 35.5. The molecule has 2 N–H and O–H groups in total. The van der Waals surface area contributed by atoms with E-state index in [9.17, 15) is 9.59 Å². The average molecular weight is 393 g/mol. The minimum absolute atomic E-state index is 0.0676. The van der Waals surface area contributed by atoms with E-state index in [2.05, 4.69) is 10.6 Å². The molecule has 3 rings (SSSR count). The molecule has 28 heavy (non-hydrogen) atoms. The average Bonchev–Trinajstić information content (AvgIpc) is 2.71. The lowest BCUT2D eigenvalue weighted by atomic mass is 9.95. The number of carbonyl (C=O) groups excluding carboxylic acids is 2. The lowest BCUT2D eigenvalue weighted by Gasteiger charge is -2.15. The van der Waals surface area contributed by atoms with Crippen molar-refractivity contribution in [1.82, 2.24) is 0 Å². The fourth-order valence-corrected chi connectivity index (χ4v) is 3.13. The van der Waals surface area contributed by atoms with E-state index in [1.54, 1.807) is 48.5 Å². The van der Waals surface area contributed by atoms with Crippen molar-refractivity contribution in [3.63, 3.8) is 0 Å². The zero-order chi connectivity index (χ0) is 19.9. The van der Waals surface area contributed by atoms with Crippen molar-refractivity contribution < 1.29 is 9.59 Å². The summed E-state index contributed by atoms with van der Waals surface area (Å²) in [4.78, 5) is 25.0. The molecule has 0 aliphatic carbocycles. The van der Waals surface area contributed by atoms with Crippen molar-refractivity contribution in [1.29, 1.82) is 0 Å². The number of anilines is 2. The number of rotatable bonds is 6. The van der Waals surface area contributed by atoms with Gasteiger partial charge in [-0.15, -0.1) is 0 Å². The van der Waals surface area contributed by atoms with Gasteiger partial charge < -0.3 is 10.6 Å². The molecule has 0 aliphatic rings. The molecule has 0 unspecified atom stereocenters. The van der Waals surface area contributed by atoms with Crippen LogP contribution in [0.2, 0.25) is 5.02 Å². The molecule has 142 valence electrons. The van der Waals surface area contributed by atoms with E-state index in [4.69, 9.17) is 11.6 Å². The van der Waals surface area contributed by atoms with E-state index in [0.717, 1.165) is 5.56 Å². The molecular formula is C23H21ClN2O2. The molecule has 3 aromatic rings. The highest BCUT2D eigenvalue weighted by molar-refractivity contribution is 6.33. The number of carbonyl (C=O) groups is 2. The predicted octanol–water partition coefficient (Wildman–Crippen LogP) is 5.72. The van der Waals surface area contributed by atoms with Crippen LogP contribution < -0.4 is 10.6 Å². The minimum Gasteiger partial charge on any atom is -0.326 e. The molecule has 3 aromatic carbocycles. The zero-order valence-electron chi connectivity index (χ0n) is 15.5. The van der Waals surface area contributed by atoms with Gasteiger partial charge in [0.25, 0.3) is 5.91 Å². The summed E-state index contributed by atoms with van der Waals surface area (Å²) < 4.78 is 0. The summed E-state index contributed by atoms with van der Waals surface area (Å²) in [7, 11) is 0. The maximum Gasteiger partial charge on any atom is 0.255 e. The van der Waals surface area contributed by atoms with E-state index in [1.165, 1.54) is 0 Å². The fraction of sp³-hybridized carbons (Fsp3) is 0.130. The van der Waals surface area contributed by atoms with Crippen molar-refractivity contribution in [3.05, 3.63) is 95.0 Å². The summed E-state index contributed by atoms with van der Waals surface area (Å²) in [6.45, 7) is 1.99. The third-order valence-corrected chi connectivity index (χ3v) is 4.79. The molecule has 0 radical (unpaired) electrons. The Bertz CT molecular complexity index is 956. The Morgan fingerprint density at radius 2 is 1.50 bits per heavy atom. The minimum atomic E-state index is -0.262. The summed E-state index contributed by atoms with van der Waals surface area (Å²) >= 11 is 6.07. The standard InChI is InChI=1S/C23H21ClN2O2/c1-2-19(16-8-4-3-5-9-16)23(28)25-18-14-12-17(13-15-18)22(27)26-21-11-7-6-10-20(21)24/h3-15,19H,2H2,1H3,(H,25,28)(H,26,27)/t19-/m1/s1. The summed E-state index contributed by atoms with van der Waals surface area (Å²) in [5.41, 5.74) is 2.67. The van der Waals surface area contributed by atoms with Crippen LogP contribution in [0.3, 0.4) is 0 Å². The molecule has 1 atom stereocenters. The molecule has 2 amide bonds. The van der Waals surface area contributed by atoms with Gasteiger partial charge in [-0.2, -0.15) is 0 Å². The van der Waals surface area contributed by atoms with Gasteiger partial charge in [-0.05, 0) is 48.4 Å². The van der Waals surface area contributed by atoms with Gasteiger partial charge >= 0.3 is 0 Å². The van der Waals surface area contributed by atoms with Crippen molar-refractivity contribution in [2.75, 3.05) is 10.6 Å². The van der Waals surface area contributed by atoms with Crippen LogP contribution in [-0.4, -0.2) is 11.8 Å². The first-order chi connectivity index (χ1) is 13.6. The van der Waals surface area contributed by atoms with Crippen LogP contribution in [0.4, 0.5) is 11.4 Å². The molecule has 0 aliphatic heterocycles. The Kier molecular flexibility index (Phi) is 6.45. The van der Waals surface area contributed by atoms with Crippen LogP contribution in [0.25, 0.3) is 0 Å². The second kappa shape index (κ2) is 9.20. The number of nitrogens with one attached hydrogen (secondary N) is 2. The molecule has 4 nitrogen and oxygen atoms in total. The van der Waals surface area contributed by atoms with E-state index >= 15 is 0 Å². The molecule has 0 bridgehead atoms. The summed E-state index contributed by atoms with van der Waals surface area (Å²) in [6, 6.07) is 23.5. The molecular weight excluding hydrogens is 372 g/mol. The molecule has 0 spiro atoms. The summed E-state index contributed by atoms with van der Waals surface area (Å²) in [5, 5.41) is 6.18. The Morgan fingerprint density at radius 3 is 2.14 bits per heavy atom. The van der Waals surface area contributed by atoms with Crippen LogP contribution in [0, 0.1) is 0 Å². The first-order valence-electron chi connectivity index (χ1n) is 9.10. The highest BCUT2D eigenvalue weighted by Crippen LogP contribution is 2.23. The van der Waals surface area contributed by atoms with E-state index in [1.807, 2.05) is 37.3 Å². The molecule has 0 saturated carbocycles. The smallest absolute Gasteiger partial charge is 0.255 e. The highest BCUT2D eigenvalue weighted by Gasteiger charge is 2.18. The summed E-state index contributed by atoms with van der Waals surface area (Å²) in [5.74, 6) is -0.548. The van der Waals surface area contributed by atoms with E-state index in [0.29, 0.717) is 28.4 Å². The molecule has 0 aromatic heterocycles. The van der Waals surface area contributed by atoms with Crippen molar-refractivity contribution in [2.45, 2.75) is 19.3 Å². The number of amides is 2. The Balaban J connectivity index is 1.66. The van der Waals surface area contributed by atoms with Crippen LogP contribution >= 0.6 is 11.6 Å². The number of benzene rings is 3. The molecule has 5 heteroatoms. The van der Waals surface area contributed by atoms with Crippen LogP contribution in [-0.2, 0) is 4.79 Å². The first-order valence-corrected chi connectivity index (χ1v) is 9.48. The van der Waals surface area contributed by atoms with Crippen molar-refractivity contribution >= 4 is 34.8 Å². The SMILES string of the molecule is CC[C@@H](C(=O)Nc1ccc(C(=O)Nc2ccccc2Cl)cc1)c1ccccc1. The van der Waals surface area contributed by atoms with Gasteiger partial charge in [-0.1, -0.05) is 61.0 Å². The molecule has 0 heterocycles. The zero-order valence-corrected chi connectivity index (χ0v) is 16.2. The number of para-hydroxylation sites is 1. The molecule has 0 fully saturated rings. The van der Waals surface area contributed by atoms with Gasteiger partial charge in [0.05, 0.1) is 16.6 Å². The van der Waals surface area contributed by atoms with Gasteiger partial charge in [-0.3, -0.25) is 9.59 Å². The lowest BCUT2D eigenvalue weighted by Crippen LogP contribution is -2.20. The van der Waals surface area contributed by atoms with E-state index in [-0.39, 0.29) is 17.7 Å². The maximum atomic E-state index is 12.6. The fourth-order valence-electron chi connectivity index (χ4n) is 2.95. The normalized spacial score (nSPS) is 11.5. The van der Waals surface area contributed by atoms with Gasteiger partial charge in [-0.25, -0.2) is 0 Å². The molecule has 0 saturated heterocycles. The van der Waals surface area contributed by atoms with Gasteiger partial charge in [0.15, 0.2) is 0 Å². The topological polar surface area (TPSA) is 58.2 Å². The van der Waals surface area contributed by atoms with Gasteiger partial charge in [0.1, 0.15) is 0 Å². The Hall–Kier alpha value is -3.11. The maximum absolute atomic E-state index is 12.6. The lowest BCUT2D eigenvalue weighted by molar-refractivity contribution is -0.117. The second-order valence-electron chi connectivity index (χ2n) is 6.37. The van der Waals surface area contributed by atoms with Crippen LogP contribution in [0.15, 0.2) is 78.9 Å². The van der Waals surface area contributed by atoms with Gasteiger partial charge in [0.2, 0.25) is 5.91 Å². The van der Waals surface area contributed by atoms with Crippen LogP contribution in [0.5, 0.6) is 0 Å². The number of hydrogen-bond donors (Lipinski definition) is 2. The Labute approximate surface area is 169 Å². The monoisotopic (exact) mass is 392 g/mol. The van der Waals surface area contributed by atoms with Gasteiger partial charge in [0, 0.05) is 11.3 Å². The van der Waals surface area contributed by atoms with Crippen molar-refractivity contribution in [3.8, 4) is 0 Å². The third kappa shape index (κ3) is 4.78. The summed E-state index contributed by atoms with van der Waals surface area (Å²) in [6.07, 6.45) is 0.703. The first kappa shape index (κ1) is 19.6. The quantitative estimate of drug-likeness (QED) is 0.563. The third-order valence-electron chi connectivity index (χ3n) is 4.46. The Morgan fingerprint density at radius 1 is 0.857 bits per heavy atom. The van der Waals surface area contributed by atoms with E-state index < -0.39 is 0 Å². The number of halogens is 1. The van der Waals surface area contributed by atoms with Crippen molar-refractivity contribution in [2.24, 2.45) is 0 Å². The van der Waals surface area contributed by atoms with Crippen LogP contribution in [0.1, 0.15) is 35.2 Å². The largest absolute Gasteiger partial charge is 0.326 e.